The van der Waals surface area contributed by atoms with Gasteiger partial charge >= 0.3 is 0 Å². The summed E-state index contributed by atoms with van der Waals surface area (Å²) in [5.41, 5.74) is 8.52. The highest BCUT2D eigenvalue weighted by molar-refractivity contribution is 6.28. The van der Waals surface area contributed by atoms with Gasteiger partial charge in [-0.1, -0.05) is 72.8 Å². The quantitative estimate of drug-likeness (QED) is 0.203. The molecule has 5 nitrogen and oxygen atoms in total. The van der Waals surface area contributed by atoms with Crippen LogP contribution in [0.25, 0.3) is 77.8 Å². The molecule has 0 spiro atoms. The fourth-order valence-electron chi connectivity index (χ4n) is 6.54. The maximum atomic E-state index is 6.57. The van der Waals surface area contributed by atoms with E-state index in [0.29, 0.717) is 11.6 Å². The second-order valence-electron chi connectivity index (χ2n) is 11.1. The highest BCUT2D eigenvalue weighted by Gasteiger charge is 2.17. The van der Waals surface area contributed by atoms with Gasteiger partial charge in [-0.15, -0.1) is 0 Å². The first-order valence-electron chi connectivity index (χ1n) is 14.8. The van der Waals surface area contributed by atoms with Crippen LogP contribution < -0.4 is 0 Å². The minimum Gasteiger partial charge on any atom is -0.309 e. The lowest BCUT2D eigenvalue weighted by molar-refractivity contribution is 1.07. The number of fused-ring (bicyclic) bond motifs is 6. The van der Waals surface area contributed by atoms with Crippen LogP contribution in [0, 0.1) is 0 Å². The molecule has 0 aliphatic rings. The van der Waals surface area contributed by atoms with Crippen molar-refractivity contribution in [1.29, 1.82) is 0 Å². The summed E-state index contributed by atoms with van der Waals surface area (Å²) in [7, 11) is 0. The molecule has 9 rings (SSSR count). The Labute approximate surface area is 263 Å². The van der Waals surface area contributed by atoms with Crippen LogP contribution in [0.4, 0.5) is 0 Å². The van der Waals surface area contributed by atoms with E-state index in [4.69, 9.17) is 16.6 Å². The largest absolute Gasteiger partial charge is 0.309 e. The summed E-state index contributed by atoms with van der Waals surface area (Å²) in [5.74, 6) is 1.07. The highest BCUT2D eigenvalue weighted by Crippen LogP contribution is 2.36. The highest BCUT2D eigenvalue weighted by atomic mass is 35.5. The Kier molecular flexibility index (Phi) is 5.80. The number of halogens is 1. The molecule has 0 fully saturated rings. The van der Waals surface area contributed by atoms with Crippen molar-refractivity contribution in [3.8, 4) is 34.2 Å². The molecule has 0 radical (unpaired) electrons. The van der Waals surface area contributed by atoms with Crippen molar-refractivity contribution in [3.05, 3.63) is 151 Å². The zero-order chi connectivity index (χ0) is 29.9. The van der Waals surface area contributed by atoms with E-state index in [2.05, 4.69) is 153 Å². The summed E-state index contributed by atoms with van der Waals surface area (Å²) in [6, 6.07) is 50.5. The van der Waals surface area contributed by atoms with Gasteiger partial charge in [0.05, 0.1) is 22.1 Å². The van der Waals surface area contributed by atoms with Crippen molar-refractivity contribution < 1.29 is 0 Å². The number of para-hydroxylation sites is 4. The fraction of sp³-hybridized carbons (Fsp3) is 0. The van der Waals surface area contributed by atoms with Crippen LogP contribution in [0.3, 0.4) is 0 Å². The molecule has 45 heavy (non-hydrogen) atoms. The number of hydrogen-bond acceptors (Lipinski definition) is 3. The van der Waals surface area contributed by atoms with Crippen LogP contribution in [0.2, 0.25) is 5.28 Å². The van der Waals surface area contributed by atoms with E-state index in [1.807, 2.05) is 12.1 Å². The van der Waals surface area contributed by atoms with E-state index in [1.54, 1.807) is 0 Å². The fourth-order valence-corrected chi connectivity index (χ4v) is 6.70. The van der Waals surface area contributed by atoms with Gasteiger partial charge in [0.2, 0.25) is 5.28 Å². The molecule has 0 aliphatic heterocycles. The van der Waals surface area contributed by atoms with Crippen molar-refractivity contribution in [3.63, 3.8) is 0 Å². The third-order valence-electron chi connectivity index (χ3n) is 8.50. The van der Waals surface area contributed by atoms with E-state index in [9.17, 15) is 0 Å². The smallest absolute Gasteiger partial charge is 0.226 e. The predicted octanol–water partition coefficient (Wildman–Crippen LogP) is 10.1. The molecule has 0 bridgehead atoms. The lowest BCUT2D eigenvalue weighted by Gasteiger charge is -2.09. The Morgan fingerprint density at radius 1 is 0.378 bits per heavy atom. The van der Waals surface area contributed by atoms with Crippen LogP contribution in [0.5, 0.6) is 0 Å². The van der Waals surface area contributed by atoms with E-state index in [-0.39, 0.29) is 5.28 Å². The summed E-state index contributed by atoms with van der Waals surface area (Å²) in [6.07, 6.45) is 0. The van der Waals surface area contributed by atoms with E-state index in [0.717, 1.165) is 55.3 Å². The van der Waals surface area contributed by atoms with Gasteiger partial charge in [-0.3, -0.25) is 0 Å². The van der Waals surface area contributed by atoms with Gasteiger partial charge in [0.15, 0.2) is 11.6 Å². The Morgan fingerprint density at radius 3 is 1.24 bits per heavy atom. The molecule has 0 amide bonds. The molecule has 0 atom stereocenters. The first-order chi connectivity index (χ1) is 22.2. The molecule has 0 saturated heterocycles. The maximum Gasteiger partial charge on any atom is 0.226 e. The van der Waals surface area contributed by atoms with Crippen molar-refractivity contribution >= 4 is 55.2 Å². The van der Waals surface area contributed by atoms with Gasteiger partial charge in [-0.25, -0.2) is 4.98 Å². The lowest BCUT2D eigenvalue weighted by Crippen LogP contribution is -1.98. The summed E-state index contributed by atoms with van der Waals surface area (Å²) >= 11 is 6.57. The molecular formula is C39H24ClN5. The summed E-state index contributed by atoms with van der Waals surface area (Å²) in [4.78, 5) is 14.1. The third kappa shape index (κ3) is 4.13. The second kappa shape index (κ2) is 10.2. The number of benzene rings is 6. The summed E-state index contributed by atoms with van der Waals surface area (Å²) in [6.45, 7) is 0. The van der Waals surface area contributed by atoms with Gasteiger partial charge < -0.3 is 9.13 Å². The molecule has 0 N–H and O–H groups in total. The number of hydrogen-bond donors (Lipinski definition) is 0. The minimum absolute atomic E-state index is 0.161. The van der Waals surface area contributed by atoms with Crippen LogP contribution in [-0.4, -0.2) is 24.1 Å². The Morgan fingerprint density at radius 2 is 0.778 bits per heavy atom. The maximum absolute atomic E-state index is 6.57. The number of nitrogens with zero attached hydrogens (tertiary/aromatic N) is 5. The molecule has 6 heteroatoms. The average molecular weight is 598 g/mol. The van der Waals surface area contributed by atoms with Gasteiger partial charge in [-0.2, -0.15) is 9.97 Å². The van der Waals surface area contributed by atoms with Crippen molar-refractivity contribution in [2.24, 2.45) is 0 Å². The monoisotopic (exact) mass is 597 g/mol. The van der Waals surface area contributed by atoms with Crippen molar-refractivity contribution in [2.75, 3.05) is 0 Å². The zero-order valence-electron chi connectivity index (χ0n) is 24.0. The number of aromatic nitrogens is 5. The van der Waals surface area contributed by atoms with Crippen LogP contribution in [0.15, 0.2) is 146 Å². The third-order valence-corrected chi connectivity index (χ3v) is 8.67. The first kappa shape index (κ1) is 25.7. The van der Waals surface area contributed by atoms with E-state index < -0.39 is 0 Å². The molecule has 6 aromatic carbocycles. The topological polar surface area (TPSA) is 48.5 Å². The SMILES string of the molecule is Clc1nc(-c2ccc3c(c2)c2ccccc2n3-c2ccccc2)nc(-c2ccc3c(c2)c2ccccc2n3-c2ccccc2)n1. The molecular weight excluding hydrogens is 574 g/mol. The zero-order valence-corrected chi connectivity index (χ0v) is 24.7. The summed E-state index contributed by atoms with van der Waals surface area (Å²) < 4.78 is 4.59. The molecule has 0 saturated carbocycles. The van der Waals surface area contributed by atoms with Crippen LogP contribution in [0.1, 0.15) is 0 Å². The van der Waals surface area contributed by atoms with Gasteiger partial charge in [-0.05, 0) is 84.4 Å². The Balaban J connectivity index is 1.20. The molecule has 0 aliphatic carbocycles. The molecule has 212 valence electrons. The average Bonchev–Trinajstić information content (AvgIpc) is 3.61. The molecule has 0 unspecified atom stereocenters. The second-order valence-corrected chi connectivity index (χ2v) is 11.4. The number of rotatable bonds is 4. The Hall–Kier alpha value is -5.78. The normalized spacial score (nSPS) is 11.7. The molecule has 9 aromatic rings. The van der Waals surface area contributed by atoms with Gasteiger partial charge in [0.1, 0.15) is 0 Å². The van der Waals surface area contributed by atoms with Gasteiger partial charge in [0.25, 0.3) is 0 Å². The molecule has 3 aromatic heterocycles. The lowest BCUT2D eigenvalue weighted by atomic mass is 10.1. The first-order valence-corrected chi connectivity index (χ1v) is 15.2. The van der Waals surface area contributed by atoms with E-state index >= 15 is 0 Å². The predicted molar refractivity (Wildman–Crippen MR) is 184 cm³/mol. The molecule has 3 heterocycles. The van der Waals surface area contributed by atoms with Crippen molar-refractivity contribution in [1.82, 2.24) is 24.1 Å². The standard InChI is InChI=1S/C39H24ClN5/c40-39-42-37(25-19-21-35-31(23-25)29-15-7-9-17-33(29)44(35)27-11-3-1-4-12-27)41-38(43-39)26-20-22-36-32(24-26)30-16-8-10-18-34(30)45(36)28-13-5-2-6-14-28/h1-24H. The minimum atomic E-state index is 0.161. The summed E-state index contributed by atoms with van der Waals surface area (Å²) in [5, 5.41) is 4.74. The Bertz CT molecular complexity index is 2370. The van der Waals surface area contributed by atoms with E-state index in [1.165, 1.54) is 10.8 Å². The van der Waals surface area contributed by atoms with Gasteiger partial charge in [0, 0.05) is 44.0 Å². The van der Waals surface area contributed by atoms with Crippen molar-refractivity contribution in [2.45, 2.75) is 0 Å². The van der Waals surface area contributed by atoms with Crippen LogP contribution >= 0.6 is 11.6 Å². The van der Waals surface area contributed by atoms with Crippen LogP contribution in [-0.2, 0) is 0 Å².